The normalized spacial score (nSPS) is 11.4. The number of carboxylic acid groups (broad SMARTS) is 1. The molecular weight excluding hydrogens is 250 g/mol. The highest BCUT2D eigenvalue weighted by Crippen LogP contribution is 2.13. The molecule has 0 aromatic heterocycles. The van der Waals surface area contributed by atoms with Crippen molar-refractivity contribution in [2.75, 3.05) is 13.2 Å². The third-order valence-corrected chi connectivity index (χ3v) is 2.31. The largest absolute Gasteiger partial charge is 0.478 e. The number of benzene rings is 1. The molecule has 0 saturated heterocycles. The first-order valence-corrected chi connectivity index (χ1v) is 5.57. The van der Waals surface area contributed by atoms with Crippen LogP contribution in [-0.2, 0) is 4.74 Å². The van der Waals surface area contributed by atoms with Crippen molar-refractivity contribution in [1.82, 2.24) is 5.32 Å². The number of rotatable bonds is 6. The lowest BCUT2D eigenvalue weighted by molar-refractivity contribution is 0.0696. The zero-order valence-corrected chi connectivity index (χ0v) is 10.2. The van der Waals surface area contributed by atoms with Gasteiger partial charge in [0.25, 0.3) is 0 Å². The summed E-state index contributed by atoms with van der Waals surface area (Å²) < 4.78 is 4.67. The fourth-order valence-electron chi connectivity index (χ4n) is 1.33. The van der Waals surface area contributed by atoms with E-state index in [0.717, 1.165) is 0 Å². The molecule has 0 fully saturated rings. The minimum absolute atomic E-state index is 0.0254. The van der Waals surface area contributed by atoms with Crippen LogP contribution >= 0.6 is 0 Å². The van der Waals surface area contributed by atoms with Crippen molar-refractivity contribution in [2.24, 2.45) is 0 Å². The van der Waals surface area contributed by atoms with Gasteiger partial charge < -0.3 is 20.3 Å². The van der Waals surface area contributed by atoms with Gasteiger partial charge in [-0.3, -0.25) is 0 Å². The average molecular weight is 265 g/mol. The SMILES string of the molecule is C=CCOC(=O)NC[C@H](O)c1ccc(C(=O)O)cc1. The van der Waals surface area contributed by atoms with Crippen LogP contribution in [0.2, 0.25) is 0 Å². The summed E-state index contributed by atoms with van der Waals surface area (Å²) in [6.07, 6.45) is -0.152. The molecule has 1 amide bonds. The zero-order valence-electron chi connectivity index (χ0n) is 10.2. The molecule has 1 rings (SSSR count). The number of carbonyl (C=O) groups is 2. The molecule has 0 saturated carbocycles. The molecule has 0 radical (unpaired) electrons. The lowest BCUT2D eigenvalue weighted by atomic mass is 10.1. The molecule has 6 heteroatoms. The standard InChI is InChI=1S/C13H15NO5/c1-2-7-19-13(18)14-8-11(15)9-3-5-10(6-4-9)12(16)17/h2-6,11,15H,1,7-8H2,(H,14,18)(H,16,17)/t11-/m0/s1. The predicted molar refractivity (Wildman–Crippen MR) is 67.9 cm³/mol. The van der Waals surface area contributed by atoms with Crippen molar-refractivity contribution < 1.29 is 24.5 Å². The van der Waals surface area contributed by atoms with Gasteiger partial charge in [0.1, 0.15) is 6.61 Å². The van der Waals surface area contributed by atoms with Gasteiger partial charge in [-0.25, -0.2) is 9.59 Å². The van der Waals surface area contributed by atoms with E-state index < -0.39 is 18.2 Å². The number of carbonyl (C=O) groups excluding carboxylic acids is 1. The number of nitrogens with one attached hydrogen (secondary N) is 1. The van der Waals surface area contributed by atoms with Crippen LogP contribution in [-0.4, -0.2) is 35.4 Å². The summed E-state index contributed by atoms with van der Waals surface area (Å²) in [5, 5.41) is 20.9. The van der Waals surface area contributed by atoms with Crippen LogP contribution in [0.25, 0.3) is 0 Å². The van der Waals surface area contributed by atoms with Gasteiger partial charge in [-0.1, -0.05) is 24.8 Å². The number of amides is 1. The topological polar surface area (TPSA) is 95.9 Å². The van der Waals surface area contributed by atoms with Gasteiger partial charge in [0.05, 0.1) is 18.2 Å². The highest BCUT2D eigenvalue weighted by molar-refractivity contribution is 5.87. The minimum atomic E-state index is -1.04. The van der Waals surface area contributed by atoms with Crippen molar-refractivity contribution in [3.8, 4) is 0 Å². The van der Waals surface area contributed by atoms with Crippen molar-refractivity contribution in [3.63, 3.8) is 0 Å². The van der Waals surface area contributed by atoms with Gasteiger partial charge in [0.2, 0.25) is 0 Å². The predicted octanol–water partition coefficient (Wildman–Crippen LogP) is 1.33. The Morgan fingerprint density at radius 3 is 2.53 bits per heavy atom. The highest BCUT2D eigenvalue weighted by atomic mass is 16.5. The summed E-state index contributed by atoms with van der Waals surface area (Å²) >= 11 is 0. The number of alkyl carbamates (subject to hydrolysis) is 1. The Kier molecular flexibility index (Phi) is 5.56. The molecule has 3 N–H and O–H groups in total. The molecule has 1 aromatic carbocycles. The van der Waals surface area contributed by atoms with Crippen LogP contribution < -0.4 is 5.32 Å². The van der Waals surface area contributed by atoms with Gasteiger partial charge in [0.15, 0.2) is 0 Å². The zero-order chi connectivity index (χ0) is 14.3. The van der Waals surface area contributed by atoms with Gasteiger partial charge in [-0.15, -0.1) is 0 Å². The van der Waals surface area contributed by atoms with Crippen LogP contribution in [0.1, 0.15) is 22.0 Å². The molecule has 0 aliphatic heterocycles. The number of aliphatic hydroxyl groups excluding tert-OH is 1. The molecule has 102 valence electrons. The van der Waals surface area contributed by atoms with E-state index >= 15 is 0 Å². The Balaban J connectivity index is 2.49. The molecular formula is C13H15NO5. The maximum Gasteiger partial charge on any atom is 0.407 e. The van der Waals surface area contributed by atoms with E-state index in [1.165, 1.54) is 30.3 Å². The quantitative estimate of drug-likeness (QED) is 0.674. The lowest BCUT2D eigenvalue weighted by Gasteiger charge is -2.12. The van der Waals surface area contributed by atoms with E-state index in [4.69, 9.17) is 5.11 Å². The number of ether oxygens (including phenoxy) is 1. The van der Waals surface area contributed by atoms with E-state index in [1.807, 2.05) is 0 Å². The van der Waals surface area contributed by atoms with Gasteiger partial charge >= 0.3 is 12.1 Å². The molecule has 0 spiro atoms. The molecule has 0 heterocycles. The van der Waals surface area contributed by atoms with Crippen molar-refractivity contribution in [1.29, 1.82) is 0 Å². The molecule has 0 unspecified atom stereocenters. The second-order valence-corrected chi connectivity index (χ2v) is 3.71. The van der Waals surface area contributed by atoms with Gasteiger partial charge in [-0.2, -0.15) is 0 Å². The Bertz CT molecular complexity index is 455. The molecule has 0 aliphatic rings. The van der Waals surface area contributed by atoms with E-state index in [2.05, 4.69) is 16.6 Å². The highest BCUT2D eigenvalue weighted by Gasteiger charge is 2.11. The van der Waals surface area contributed by atoms with Crippen LogP contribution in [0.15, 0.2) is 36.9 Å². The fraction of sp³-hybridized carbons (Fsp3) is 0.231. The second-order valence-electron chi connectivity index (χ2n) is 3.71. The van der Waals surface area contributed by atoms with Crippen LogP contribution in [0.5, 0.6) is 0 Å². The van der Waals surface area contributed by atoms with Gasteiger partial charge in [-0.05, 0) is 17.7 Å². The summed E-state index contributed by atoms with van der Waals surface area (Å²) in [7, 11) is 0. The third kappa shape index (κ3) is 4.81. The summed E-state index contributed by atoms with van der Waals surface area (Å²) in [5.41, 5.74) is 0.642. The van der Waals surface area contributed by atoms with E-state index in [1.54, 1.807) is 0 Å². The van der Waals surface area contributed by atoms with Crippen LogP contribution in [0, 0.1) is 0 Å². The second kappa shape index (κ2) is 7.17. The molecule has 0 bridgehead atoms. The smallest absolute Gasteiger partial charge is 0.407 e. The first kappa shape index (κ1) is 14.7. The van der Waals surface area contributed by atoms with Crippen molar-refractivity contribution >= 4 is 12.1 Å². The molecule has 0 aliphatic carbocycles. The van der Waals surface area contributed by atoms with E-state index in [0.29, 0.717) is 5.56 Å². The summed E-state index contributed by atoms with van der Waals surface area (Å²) in [6, 6.07) is 5.75. The first-order valence-electron chi connectivity index (χ1n) is 5.57. The van der Waals surface area contributed by atoms with Crippen molar-refractivity contribution in [3.05, 3.63) is 48.0 Å². The number of hydrogen-bond acceptors (Lipinski definition) is 4. The summed E-state index contributed by atoms with van der Waals surface area (Å²) in [4.78, 5) is 21.8. The lowest BCUT2D eigenvalue weighted by Crippen LogP contribution is -2.29. The van der Waals surface area contributed by atoms with Crippen LogP contribution in [0.3, 0.4) is 0 Å². The van der Waals surface area contributed by atoms with E-state index in [-0.39, 0.29) is 18.7 Å². The first-order chi connectivity index (χ1) is 9.04. The molecule has 1 atom stereocenters. The van der Waals surface area contributed by atoms with Crippen molar-refractivity contribution in [2.45, 2.75) is 6.10 Å². The number of aliphatic hydroxyl groups is 1. The summed E-state index contributed by atoms with van der Waals surface area (Å²) in [5.74, 6) is -1.04. The maximum absolute atomic E-state index is 11.1. The Morgan fingerprint density at radius 1 is 1.37 bits per heavy atom. The van der Waals surface area contributed by atoms with Crippen LogP contribution in [0.4, 0.5) is 4.79 Å². The number of aromatic carboxylic acids is 1. The average Bonchev–Trinajstić information content (AvgIpc) is 2.42. The maximum atomic E-state index is 11.1. The number of carboxylic acids is 1. The summed E-state index contributed by atoms with van der Waals surface area (Å²) in [6.45, 7) is 3.46. The monoisotopic (exact) mass is 265 g/mol. The Hall–Kier alpha value is -2.34. The minimum Gasteiger partial charge on any atom is -0.478 e. The number of hydrogen-bond donors (Lipinski definition) is 3. The molecule has 19 heavy (non-hydrogen) atoms. The van der Waals surface area contributed by atoms with E-state index in [9.17, 15) is 14.7 Å². The molecule has 1 aromatic rings. The Morgan fingerprint density at radius 2 is 2.00 bits per heavy atom. The van der Waals surface area contributed by atoms with Gasteiger partial charge in [0, 0.05) is 0 Å². The third-order valence-electron chi connectivity index (χ3n) is 2.31. The molecule has 6 nitrogen and oxygen atoms in total. The fourth-order valence-corrected chi connectivity index (χ4v) is 1.33. The Labute approximate surface area is 110 Å².